The van der Waals surface area contributed by atoms with Crippen molar-refractivity contribution in [2.24, 2.45) is 5.41 Å². The first-order valence-corrected chi connectivity index (χ1v) is 5.74. The van der Waals surface area contributed by atoms with Crippen molar-refractivity contribution in [1.82, 2.24) is 4.90 Å². The first kappa shape index (κ1) is 11.2. The van der Waals surface area contributed by atoms with Gasteiger partial charge in [0, 0.05) is 19.0 Å². The third-order valence-electron chi connectivity index (χ3n) is 3.25. The summed E-state index contributed by atoms with van der Waals surface area (Å²) in [6.45, 7) is 3.14. The first-order valence-electron chi connectivity index (χ1n) is 5.74. The minimum atomic E-state index is -0.290. The van der Waals surface area contributed by atoms with E-state index >= 15 is 0 Å². The predicted octanol–water partition coefficient (Wildman–Crippen LogP) is 2.10. The van der Waals surface area contributed by atoms with Crippen LogP contribution in [0.1, 0.15) is 32.6 Å². The van der Waals surface area contributed by atoms with E-state index in [4.69, 9.17) is 4.74 Å². The molecule has 1 heterocycles. The van der Waals surface area contributed by atoms with Crippen LogP contribution in [-0.4, -0.2) is 29.9 Å². The molecule has 0 N–H and O–H groups in total. The van der Waals surface area contributed by atoms with E-state index in [9.17, 15) is 9.59 Å². The quantitative estimate of drug-likeness (QED) is 0.720. The number of hydrogen-bond acceptors (Lipinski definition) is 3. The zero-order valence-corrected chi connectivity index (χ0v) is 9.57. The summed E-state index contributed by atoms with van der Waals surface area (Å²) in [5.41, 5.74) is -0.0851. The molecule has 0 aromatic heterocycles. The molecule has 2 rings (SSSR count). The molecule has 1 saturated carbocycles. The van der Waals surface area contributed by atoms with E-state index < -0.39 is 0 Å². The summed E-state index contributed by atoms with van der Waals surface area (Å²) in [5.74, 6) is 0.322. The number of Topliss-reactive ketones (excluding diaryl/α,β-unsaturated/α-hetero) is 1. The highest BCUT2D eigenvalue weighted by Gasteiger charge is 2.29. The van der Waals surface area contributed by atoms with Crippen LogP contribution in [0.2, 0.25) is 0 Å². The van der Waals surface area contributed by atoms with Crippen LogP contribution in [-0.2, 0) is 9.53 Å². The van der Waals surface area contributed by atoms with Crippen LogP contribution in [0.4, 0.5) is 4.79 Å². The van der Waals surface area contributed by atoms with Crippen molar-refractivity contribution in [2.45, 2.75) is 32.6 Å². The highest BCUT2D eigenvalue weighted by molar-refractivity contribution is 5.80. The van der Waals surface area contributed by atoms with Gasteiger partial charge in [-0.15, -0.1) is 0 Å². The lowest BCUT2D eigenvalue weighted by atomic mass is 9.75. The van der Waals surface area contributed by atoms with Crippen LogP contribution in [0.3, 0.4) is 0 Å². The number of carbonyl (C=O) groups is 2. The lowest BCUT2D eigenvalue weighted by molar-refractivity contribution is -0.122. The van der Waals surface area contributed by atoms with Crippen molar-refractivity contribution in [3.05, 3.63) is 12.3 Å². The molecule has 88 valence electrons. The smallest absolute Gasteiger partial charge is 0.413 e. The van der Waals surface area contributed by atoms with Crippen LogP contribution in [0.25, 0.3) is 0 Å². The second-order valence-electron chi connectivity index (χ2n) is 4.85. The van der Waals surface area contributed by atoms with E-state index in [1.165, 1.54) is 0 Å². The topological polar surface area (TPSA) is 46.6 Å². The Labute approximate surface area is 95.2 Å². The first-order chi connectivity index (χ1) is 7.59. The molecule has 4 nitrogen and oxygen atoms in total. The van der Waals surface area contributed by atoms with Gasteiger partial charge in [0.05, 0.1) is 6.54 Å². The van der Waals surface area contributed by atoms with E-state index in [0.717, 1.165) is 12.8 Å². The Kier molecular flexibility index (Phi) is 2.99. The molecule has 1 aliphatic carbocycles. The average molecular weight is 223 g/mol. The van der Waals surface area contributed by atoms with E-state index in [2.05, 4.69) is 6.92 Å². The Hall–Kier alpha value is -1.32. The van der Waals surface area contributed by atoms with E-state index in [1.807, 2.05) is 6.08 Å². The van der Waals surface area contributed by atoms with Crippen molar-refractivity contribution in [1.29, 1.82) is 0 Å². The molecule has 0 bridgehead atoms. The van der Waals surface area contributed by atoms with Gasteiger partial charge in [-0.1, -0.05) is 13.0 Å². The fourth-order valence-electron chi connectivity index (χ4n) is 2.27. The second-order valence-corrected chi connectivity index (χ2v) is 4.85. The lowest BCUT2D eigenvalue weighted by Gasteiger charge is -2.29. The molecule has 4 heteroatoms. The summed E-state index contributed by atoms with van der Waals surface area (Å²) in [5, 5.41) is 0. The lowest BCUT2D eigenvalue weighted by Crippen LogP contribution is -2.25. The van der Waals surface area contributed by atoms with Crippen LogP contribution in [0.15, 0.2) is 12.3 Å². The van der Waals surface area contributed by atoms with Gasteiger partial charge >= 0.3 is 6.09 Å². The summed E-state index contributed by atoms with van der Waals surface area (Å²) in [6, 6.07) is 0. The summed E-state index contributed by atoms with van der Waals surface area (Å²) in [6.07, 6.45) is 6.72. The highest BCUT2D eigenvalue weighted by atomic mass is 16.6. The maximum absolute atomic E-state index is 11.4. The van der Waals surface area contributed by atoms with Crippen LogP contribution in [0, 0.1) is 5.41 Å². The van der Waals surface area contributed by atoms with Crippen molar-refractivity contribution in [2.75, 3.05) is 13.2 Å². The Bertz CT molecular complexity index is 337. The molecule has 0 spiro atoms. The molecule has 2 aliphatic rings. The van der Waals surface area contributed by atoms with Crippen molar-refractivity contribution in [3.8, 4) is 0 Å². The van der Waals surface area contributed by atoms with Crippen LogP contribution >= 0.6 is 0 Å². The van der Waals surface area contributed by atoms with Crippen molar-refractivity contribution in [3.63, 3.8) is 0 Å². The number of rotatable bonds is 2. The van der Waals surface area contributed by atoms with Gasteiger partial charge < -0.3 is 4.74 Å². The SMILES string of the molecule is CC1(/C=C/N2CCOC2=O)CCCC(=O)C1. The number of ether oxygens (including phenoxy) is 1. The van der Waals surface area contributed by atoms with Gasteiger partial charge in [-0.05, 0) is 18.3 Å². The van der Waals surface area contributed by atoms with Crippen molar-refractivity contribution < 1.29 is 14.3 Å². The number of amides is 1. The fourth-order valence-corrected chi connectivity index (χ4v) is 2.27. The number of nitrogens with zero attached hydrogens (tertiary/aromatic N) is 1. The number of allylic oxidation sites excluding steroid dienone is 1. The fraction of sp³-hybridized carbons (Fsp3) is 0.667. The summed E-state index contributed by atoms with van der Waals surface area (Å²) in [4.78, 5) is 24.2. The Morgan fingerprint density at radius 2 is 2.25 bits per heavy atom. The summed E-state index contributed by atoms with van der Waals surface area (Å²) >= 11 is 0. The minimum absolute atomic E-state index is 0.0851. The average Bonchev–Trinajstić information content (AvgIpc) is 2.61. The Morgan fingerprint density at radius 1 is 1.44 bits per heavy atom. The molecule has 0 aromatic rings. The minimum Gasteiger partial charge on any atom is -0.447 e. The number of cyclic esters (lactones) is 1. The summed E-state index contributed by atoms with van der Waals surface area (Å²) in [7, 11) is 0. The summed E-state index contributed by atoms with van der Waals surface area (Å²) < 4.78 is 4.83. The molecule has 1 aliphatic heterocycles. The number of hydrogen-bond donors (Lipinski definition) is 0. The van der Waals surface area contributed by atoms with Gasteiger partial charge in [-0.3, -0.25) is 9.69 Å². The number of carbonyl (C=O) groups excluding carboxylic acids is 2. The molecule has 1 saturated heterocycles. The maximum atomic E-state index is 11.4. The largest absolute Gasteiger partial charge is 0.447 e. The normalized spacial score (nSPS) is 31.2. The van der Waals surface area contributed by atoms with Gasteiger partial charge in [0.25, 0.3) is 0 Å². The third-order valence-corrected chi connectivity index (χ3v) is 3.25. The maximum Gasteiger partial charge on any atom is 0.413 e. The molecule has 0 aromatic carbocycles. The van der Waals surface area contributed by atoms with E-state index in [-0.39, 0.29) is 11.5 Å². The van der Waals surface area contributed by atoms with E-state index in [1.54, 1.807) is 11.1 Å². The molecule has 16 heavy (non-hydrogen) atoms. The zero-order chi connectivity index (χ0) is 11.6. The van der Waals surface area contributed by atoms with Crippen LogP contribution in [0.5, 0.6) is 0 Å². The molecule has 1 unspecified atom stereocenters. The van der Waals surface area contributed by atoms with E-state index in [0.29, 0.717) is 31.8 Å². The zero-order valence-electron chi connectivity index (χ0n) is 9.57. The van der Waals surface area contributed by atoms with Gasteiger partial charge in [0.1, 0.15) is 12.4 Å². The Morgan fingerprint density at radius 3 is 2.88 bits per heavy atom. The second kappa shape index (κ2) is 4.28. The molecule has 0 radical (unpaired) electrons. The highest BCUT2D eigenvalue weighted by Crippen LogP contribution is 2.35. The Balaban J connectivity index is 1.99. The van der Waals surface area contributed by atoms with Gasteiger partial charge in [-0.25, -0.2) is 4.79 Å². The molecular weight excluding hydrogens is 206 g/mol. The van der Waals surface area contributed by atoms with Gasteiger partial charge in [-0.2, -0.15) is 0 Å². The van der Waals surface area contributed by atoms with Gasteiger partial charge in [0.2, 0.25) is 0 Å². The predicted molar refractivity (Wildman–Crippen MR) is 58.8 cm³/mol. The van der Waals surface area contributed by atoms with Gasteiger partial charge in [0.15, 0.2) is 0 Å². The third kappa shape index (κ3) is 2.43. The molecular formula is C12H17NO3. The van der Waals surface area contributed by atoms with Crippen LogP contribution < -0.4 is 0 Å². The molecule has 2 fully saturated rings. The monoisotopic (exact) mass is 223 g/mol. The number of ketones is 1. The van der Waals surface area contributed by atoms with Crippen molar-refractivity contribution >= 4 is 11.9 Å². The molecule has 1 atom stereocenters. The standard InChI is InChI=1S/C12H17NO3/c1-12(4-2-3-10(14)9-12)5-6-13-7-8-16-11(13)15/h5-6H,2-4,7-9H2,1H3/b6-5+. The molecule has 1 amide bonds.